The lowest BCUT2D eigenvalue weighted by molar-refractivity contribution is 0.699. The molecular formula is C11H18N4. The van der Waals surface area contributed by atoms with Crippen molar-refractivity contribution in [2.45, 2.75) is 26.2 Å². The van der Waals surface area contributed by atoms with E-state index >= 15 is 0 Å². The highest BCUT2D eigenvalue weighted by Crippen LogP contribution is 2.31. The van der Waals surface area contributed by atoms with Crippen molar-refractivity contribution in [1.29, 1.82) is 0 Å². The predicted octanol–water partition coefficient (Wildman–Crippen LogP) is 1.69. The van der Waals surface area contributed by atoms with Gasteiger partial charge in [0, 0.05) is 25.5 Å². The third-order valence-corrected chi connectivity index (χ3v) is 2.67. The second kappa shape index (κ2) is 4.47. The Balaban J connectivity index is 2.11. The van der Waals surface area contributed by atoms with E-state index in [0.717, 1.165) is 31.2 Å². The Hall–Kier alpha value is -1.32. The molecule has 1 saturated carbocycles. The van der Waals surface area contributed by atoms with E-state index in [9.17, 15) is 0 Å². The van der Waals surface area contributed by atoms with Gasteiger partial charge in [0.2, 0.25) is 0 Å². The molecule has 0 radical (unpaired) electrons. The van der Waals surface area contributed by atoms with Gasteiger partial charge in [-0.2, -0.15) is 0 Å². The lowest BCUT2D eigenvalue weighted by atomic mass is 10.3. The fraction of sp³-hybridized carbons (Fsp3) is 0.636. The minimum atomic E-state index is 0.548. The molecule has 4 nitrogen and oxygen atoms in total. The fourth-order valence-corrected chi connectivity index (χ4v) is 1.75. The molecule has 0 atom stereocenters. The molecule has 15 heavy (non-hydrogen) atoms. The smallest absolute Gasteiger partial charge is 0.171 e. The van der Waals surface area contributed by atoms with Crippen LogP contribution >= 0.6 is 0 Å². The Morgan fingerprint density at radius 3 is 2.73 bits per heavy atom. The Bertz CT molecular complexity index is 322. The third kappa shape index (κ3) is 2.58. The van der Waals surface area contributed by atoms with Gasteiger partial charge in [-0.05, 0) is 25.2 Å². The van der Waals surface area contributed by atoms with Crippen LogP contribution in [0.2, 0.25) is 0 Å². The Morgan fingerprint density at radius 2 is 2.13 bits per heavy atom. The summed E-state index contributed by atoms with van der Waals surface area (Å²) in [7, 11) is 0. The molecule has 0 amide bonds. The van der Waals surface area contributed by atoms with Crippen LogP contribution in [0.1, 0.15) is 26.2 Å². The molecule has 82 valence electrons. The topological polar surface area (TPSA) is 55.0 Å². The highest BCUT2D eigenvalue weighted by molar-refractivity contribution is 5.57. The Morgan fingerprint density at radius 1 is 1.40 bits per heavy atom. The van der Waals surface area contributed by atoms with Gasteiger partial charge in [0.15, 0.2) is 11.6 Å². The SMILES string of the molecule is CCCN(CC1CC1)c1nccnc1N. The molecule has 1 aromatic heterocycles. The summed E-state index contributed by atoms with van der Waals surface area (Å²) in [5.74, 6) is 2.25. The summed E-state index contributed by atoms with van der Waals surface area (Å²) in [5, 5.41) is 0. The van der Waals surface area contributed by atoms with Gasteiger partial charge in [0.05, 0.1) is 0 Å². The molecule has 0 saturated heterocycles. The lowest BCUT2D eigenvalue weighted by Gasteiger charge is -2.23. The first-order valence-corrected chi connectivity index (χ1v) is 5.62. The largest absolute Gasteiger partial charge is 0.381 e. The van der Waals surface area contributed by atoms with Gasteiger partial charge in [-0.1, -0.05) is 6.92 Å². The van der Waals surface area contributed by atoms with Crippen molar-refractivity contribution >= 4 is 11.6 Å². The van der Waals surface area contributed by atoms with Gasteiger partial charge >= 0.3 is 0 Å². The van der Waals surface area contributed by atoms with Crippen LogP contribution < -0.4 is 10.6 Å². The van der Waals surface area contributed by atoms with E-state index in [0.29, 0.717) is 5.82 Å². The summed E-state index contributed by atoms with van der Waals surface area (Å²) in [6, 6.07) is 0. The molecule has 0 unspecified atom stereocenters. The summed E-state index contributed by atoms with van der Waals surface area (Å²) < 4.78 is 0. The molecule has 0 bridgehead atoms. The molecule has 4 heteroatoms. The predicted molar refractivity (Wildman–Crippen MR) is 61.7 cm³/mol. The Kier molecular flexibility index (Phi) is 3.04. The van der Waals surface area contributed by atoms with Crippen LogP contribution in [0.5, 0.6) is 0 Å². The number of hydrogen-bond donors (Lipinski definition) is 1. The van der Waals surface area contributed by atoms with Crippen LogP contribution in [-0.4, -0.2) is 23.1 Å². The minimum absolute atomic E-state index is 0.548. The van der Waals surface area contributed by atoms with Gasteiger partial charge < -0.3 is 10.6 Å². The number of nitrogen functional groups attached to an aromatic ring is 1. The van der Waals surface area contributed by atoms with Crippen LogP contribution in [0.3, 0.4) is 0 Å². The quantitative estimate of drug-likeness (QED) is 0.796. The normalized spacial score (nSPS) is 15.3. The Labute approximate surface area is 90.5 Å². The molecule has 2 rings (SSSR count). The maximum Gasteiger partial charge on any atom is 0.171 e. The van der Waals surface area contributed by atoms with E-state index in [1.54, 1.807) is 12.4 Å². The average Bonchev–Trinajstić information content (AvgIpc) is 3.02. The van der Waals surface area contributed by atoms with Gasteiger partial charge in [0.1, 0.15) is 0 Å². The van der Waals surface area contributed by atoms with Crippen LogP contribution in [0.4, 0.5) is 11.6 Å². The molecule has 0 aromatic carbocycles. The molecule has 0 aliphatic heterocycles. The summed E-state index contributed by atoms with van der Waals surface area (Å²) in [6.07, 6.45) is 7.16. The van der Waals surface area contributed by atoms with Gasteiger partial charge in [-0.3, -0.25) is 0 Å². The van der Waals surface area contributed by atoms with Gasteiger partial charge in [-0.15, -0.1) is 0 Å². The number of rotatable bonds is 5. The van der Waals surface area contributed by atoms with Crippen molar-refractivity contribution in [2.75, 3.05) is 23.7 Å². The number of anilines is 2. The minimum Gasteiger partial charge on any atom is -0.381 e. The van der Waals surface area contributed by atoms with Crippen LogP contribution in [0.15, 0.2) is 12.4 Å². The second-order valence-electron chi connectivity index (χ2n) is 4.15. The molecule has 1 heterocycles. The van der Waals surface area contributed by atoms with Crippen LogP contribution in [0, 0.1) is 5.92 Å². The molecule has 0 spiro atoms. The number of hydrogen-bond acceptors (Lipinski definition) is 4. The van der Waals surface area contributed by atoms with Crippen molar-refractivity contribution in [3.8, 4) is 0 Å². The van der Waals surface area contributed by atoms with E-state index < -0.39 is 0 Å². The summed E-state index contributed by atoms with van der Waals surface area (Å²) in [6.45, 7) is 4.27. The van der Waals surface area contributed by atoms with E-state index in [1.165, 1.54) is 12.8 Å². The third-order valence-electron chi connectivity index (χ3n) is 2.67. The van der Waals surface area contributed by atoms with E-state index in [1.807, 2.05) is 0 Å². The molecule has 1 fully saturated rings. The standard InChI is InChI=1S/C11H18N4/c1-2-7-15(8-9-3-4-9)11-10(12)13-5-6-14-11/h5-6,9H,2-4,7-8H2,1H3,(H2,12,13). The first-order valence-electron chi connectivity index (χ1n) is 5.62. The van der Waals surface area contributed by atoms with Crippen LogP contribution in [-0.2, 0) is 0 Å². The zero-order valence-electron chi connectivity index (χ0n) is 9.19. The van der Waals surface area contributed by atoms with E-state index in [2.05, 4.69) is 21.8 Å². The van der Waals surface area contributed by atoms with E-state index in [-0.39, 0.29) is 0 Å². The van der Waals surface area contributed by atoms with Crippen molar-refractivity contribution in [2.24, 2.45) is 5.92 Å². The zero-order chi connectivity index (χ0) is 10.7. The summed E-state index contributed by atoms with van der Waals surface area (Å²) in [5.41, 5.74) is 5.83. The maximum atomic E-state index is 5.83. The zero-order valence-corrected chi connectivity index (χ0v) is 9.19. The average molecular weight is 206 g/mol. The lowest BCUT2D eigenvalue weighted by Crippen LogP contribution is -2.28. The van der Waals surface area contributed by atoms with Crippen molar-refractivity contribution in [3.63, 3.8) is 0 Å². The molecule has 1 aliphatic carbocycles. The second-order valence-corrected chi connectivity index (χ2v) is 4.15. The first-order chi connectivity index (χ1) is 7.31. The number of nitrogens with zero attached hydrogens (tertiary/aromatic N) is 3. The molecule has 1 aromatic rings. The van der Waals surface area contributed by atoms with Crippen LogP contribution in [0.25, 0.3) is 0 Å². The van der Waals surface area contributed by atoms with Crippen molar-refractivity contribution in [1.82, 2.24) is 9.97 Å². The maximum absolute atomic E-state index is 5.83. The monoisotopic (exact) mass is 206 g/mol. The van der Waals surface area contributed by atoms with Gasteiger partial charge in [0.25, 0.3) is 0 Å². The highest BCUT2D eigenvalue weighted by atomic mass is 15.2. The molecule has 1 aliphatic rings. The first kappa shape index (κ1) is 10.2. The fourth-order valence-electron chi connectivity index (χ4n) is 1.75. The summed E-state index contributed by atoms with van der Waals surface area (Å²) >= 11 is 0. The molecular weight excluding hydrogens is 188 g/mol. The number of aromatic nitrogens is 2. The molecule has 2 N–H and O–H groups in total. The number of nitrogens with two attached hydrogens (primary N) is 1. The van der Waals surface area contributed by atoms with Crippen molar-refractivity contribution in [3.05, 3.63) is 12.4 Å². The van der Waals surface area contributed by atoms with Gasteiger partial charge in [-0.25, -0.2) is 9.97 Å². The van der Waals surface area contributed by atoms with E-state index in [4.69, 9.17) is 5.73 Å². The highest BCUT2D eigenvalue weighted by Gasteiger charge is 2.25. The summed E-state index contributed by atoms with van der Waals surface area (Å²) in [4.78, 5) is 10.7. The van der Waals surface area contributed by atoms with Crippen molar-refractivity contribution < 1.29 is 0 Å².